The molecule has 2 aliphatic rings. The Bertz CT molecular complexity index is 833. The van der Waals surface area contributed by atoms with Crippen LogP contribution < -0.4 is 16.2 Å². The van der Waals surface area contributed by atoms with Crippen molar-refractivity contribution in [2.24, 2.45) is 11.7 Å². The summed E-state index contributed by atoms with van der Waals surface area (Å²) in [7, 11) is 0. The van der Waals surface area contributed by atoms with Gasteiger partial charge in [0.2, 0.25) is 5.91 Å². The first-order chi connectivity index (χ1) is 11.6. The van der Waals surface area contributed by atoms with E-state index in [0.29, 0.717) is 6.54 Å². The molecule has 1 aliphatic heterocycles. The zero-order valence-corrected chi connectivity index (χ0v) is 14.5. The molecule has 0 radical (unpaired) electrons. The van der Waals surface area contributed by atoms with Crippen molar-refractivity contribution in [3.8, 4) is 0 Å². The van der Waals surface area contributed by atoms with E-state index in [0.717, 1.165) is 54.8 Å². The zero-order valence-electron chi connectivity index (χ0n) is 13.7. The molecule has 128 valence electrons. The lowest BCUT2D eigenvalue weighted by Crippen LogP contribution is -3.12. The summed E-state index contributed by atoms with van der Waals surface area (Å²) < 4.78 is 0. The number of nitrogens with two attached hydrogens (primary N) is 1. The largest absolute Gasteiger partial charge is 0.369 e. The third-order valence-electron chi connectivity index (χ3n) is 5.39. The van der Waals surface area contributed by atoms with Crippen LogP contribution in [-0.4, -0.2) is 29.0 Å². The number of thiophene rings is 1. The van der Waals surface area contributed by atoms with Gasteiger partial charge in [-0.25, -0.2) is 4.98 Å². The second-order valence-electron chi connectivity index (χ2n) is 7.01. The van der Waals surface area contributed by atoms with Crippen LogP contribution in [0.15, 0.2) is 4.79 Å². The van der Waals surface area contributed by atoms with E-state index < -0.39 is 0 Å². The summed E-state index contributed by atoms with van der Waals surface area (Å²) in [5.74, 6) is 0.581. The average Bonchev–Trinajstić information content (AvgIpc) is 2.94. The lowest BCUT2D eigenvalue weighted by atomic mass is 9.96. The average molecular weight is 347 g/mol. The summed E-state index contributed by atoms with van der Waals surface area (Å²) in [6.07, 6.45) is 6.11. The third-order valence-corrected chi connectivity index (χ3v) is 6.57. The molecular formula is C17H23N4O2S+. The molecule has 1 saturated heterocycles. The maximum Gasteiger partial charge on any atom is 0.260 e. The highest BCUT2D eigenvalue weighted by atomic mass is 32.1. The Kier molecular flexibility index (Phi) is 4.14. The highest BCUT2D eigenvalue weighted by molar-refractivity contribution is 7.18. The minimum atomic E-state index is -0.189. The Morgan fingerprint density at radius 1 is 1.29 bits per heavy atom. The molecule has 6 nitrogen and oxygen atoms in total. The van der Waals surface area contributed by atoms with E-state index in [-0.39, 0.29) is 17.4 Å². The van der Waals surface area contributed by atoms with Crippen molar-refractivity contribution in [1.29, 1.82) is 0 Å². The van der Waals surface area contributed by atoms with Gasteiger partial charge >= 0.3 is 0 Å². The Morgan fingerprint density at radius 2 is 2.04 bits per heavy atom. The summed E-state index contributed by atoms with van der Waals surface area (Å²) in [5, 5.41) is 0.820. The Labute approximate surface area is 144 Å². The van der Waals surface area contributed by atoms with Crippen molar-refractivity contribution in [2.75, 3.05) is 13.1 Å². The molecule has 24 heavy (non-hydrogen) atoms. The van der Waals surface area contributed by atoms with Crippen LogP contribution in [0.25, 0.3) is 10.2 Å². The van der Waals surface area contributed by atoms with E-state index in [9.17, 15) is 9.59 Å². The lowest BCUT2D eigenvalue weighted by molar-refractivity contribution is -0.920. The maximum absolute atomic E-state index is 12.6. The van der Waals surface area contributed by atoms with Crippen molar-refractivity contribution in [2.45, 2.75) is 45.1 Å². The lowest BCUT2D eigenvalue weighted by Gasteiger charge is -2.27. The van der Waals surface area contributed by atoms with Gasteiger partial charge in [-0.3, -0.25) is 9.59 Å². The molecule has 1 aliphatic carbocycles. The maximum atomic E-state index is 12.6. The number of H-pyrrole nitrogens is 1. The van der Waals surface area contributed by atoms with E-state index >= 15 is 0 Å². The van der Waals surface area contributed by atoms with Gasteiger partial charge in [0.15, 0.2) is 5.82 Å². The predicted octanol–water partition coefficient (Wildman–Crippen LogP) is 0.144. The van der Waals surface area contributed by atoms with E-state index in [2.05, 4.69) is 4.98 Å². The third kappa shape index (κ3) is 2.86. The van der Waals surface area contributed by atoms with Gasteiger partial charge in [0.05, 0.1) is 18.5 Å². The van der Waals surface area contributed by atoms with Crippen LogP contribution in [0, 0.1) is 5.92 Å². The Morgan fingerprint density at radius 3 is 2.79 bits per heavy atom. The molecule has 7 heteroatoms. The van der Waals surface area contributed by atoms with Crippen LogP contribution in [0.1, 0.15) is 41.9 Å². The molecule has 0 atom stereocenters. The molecule has 3 heterocycles. The minimum Gasteiger partial charge on any atom is -0.369 e. The van der Waals surface area contributed by atoms with Gasteiger partial charge in [0.25, 0.3) is 5.56 Å². The Balaban J connectivity index is 1.55. The number of hydrogen-bond acceptors (Lipinski definition) is 4. The van der Waals surface area contributed by atoms with Gasteiger partial charge in [-0.2, -0.15) is 0 Å². The number of quaternary nitrogens is 1. The number of carbonyl (C=O) groups is 1. The summed E-state index contributed by atoms with van der Waals surface area (Å²) in [6.45, 7) is 2.51. The number of rotatable bonds is 3. The molecule has 1 amide bonds. The highest BCUT2D eigenvalue weighted by Crippen LogP contribution is 2.33. The van der Waals surface area contributed by atoms with Gasteiger partial charge in [0, 0.05) is 23.6 Å². The molecule has 0 aromatic carbocycles. The fourth-order valence-electron chi connectivity index (χ4n) is 4.02. The number of nitrogens with one attached hydrogen (secondary N) is 2. The number of aromatic amines is 1. The zero-order chi connectivity index (χ0) is 16.7. The molecule has 4 rings (SSSR count). The van der Waals surface area contributed by atoms with Crippen molar-refractivity contribution >= 4 is 27.5 Å². The molecule has 0 spiro atoms. The first-order valence-corrected chi connectivity index (χ1v) is 9.60. The summed E-state index contributed by atoms with van der Waals surface area (Å²) in [5.41, 5.74) is 6.64. The highest BCUT2D eigenvalue weighted by Gasteiger charge is 2.27. The molecule has 0 saturated carbocycles. The molecule has 2 aromatic rings. The van der Waals surface area contributed by atoms with Crippen molar-refractivity contribution in [1.82, 2.24) is 9.97 Å². The smallest absolute Gasteiger partial charge is 0.260 e. The molecular weight excluding hydrogens is 324 g/mol. The summed E-state index contributed by atoms with van der Waals surface area (Å²) in [4.78, 5) is 35.2. The van der Waals surface area contributed by atoms with Crippen LogP contribution in [0.5, 0.6) is 0 Å². The second kappa shape index (κ2) is 6.29. The van der Waals surface area contributed by atoms with Crippen molar-refractivity contribution < 1.29 is 9.69 Å². The van der Waals surface area contributed by atoms with E-state index in [1.54, 1.807) is 11.3 Å². The van der Waals surface area contributed by atoms with Crippen LogP contribution in [0.4, 0.5) is 0 Å². The van der Waals surface area contributed by atoms with E-state index in [1.165, 1.54) is 28.2 Å². The number of fused-ring (bicyclic) bond motifs is 3. The number of amides is 1. The molecule has 4 N–H and O–H groups in total. The van der Waals surface area contributed by atoms with E-state index in [4.69, 9.17) is 10.7 Å². The number of piperidine rings is 1. The van der Waals surface area contributed by atoms with Crippen molar-refractivity contribution in [3.63, 3.8) is 0 Å². The van der Waals surface area contributed by atoms with Crippen LogP contribution >= 0.6 is 11.3 Å². The molecule has 0 unspecified atom stereocenters. The van der Waals surface area contributed by atoms with Crippen LogP contribution in [0.2, 0.25) is 0 Å². The summed E-state index contributed by atoms with van der Waals surface area (Å²) in [6, 6.07) is 0. The summed E-state index contributed by atoms with van der Waals surface area (Å²) >= 11 is 1.69. The monoisotopic (exact) mass is 347 g/mol. The normalized spacial score (nSPS) is 24.0. The Hall–Kier alpha value is -1.73. The van der Waals surface area contributed by atoms with Crippen LogP contribution in [-0.2, 0) is 24.2 Å². The quantitative estimate of drug-likeness (QED) is 0.737. The fourth-order valence-corrected chi connectivity index (χ4v) is 5.30. The minimum absolute atomic E-state index is 0.00672. The van der Waals surface area contributed by atoms with E-state index in [1.807, 2.05) is 0 Å². The van der Waals surface area contributed by atoms with Gasteiger partial charge < -0.3 is 15.6 Å². The topological polar surface area (TPSA) is 93.3 Å². The number of likely N-dealkylation sites (tertiary alicyclic amines) is 1. The fraction of sp³-hybridized carbons (Fsp3) is 0.588. The van der Waals surface area contributed by atoms with Crippen LogP contribution in [0.3, 0.4) is 0 Å². The first kappa shape index (κ1) is 15.8. The number of nitrogens with zero attached hydrogens (tertiary/aromatic N) is 1. The number of hydrogen-bond donors (Lipinski definition) is 3. The van der Waals surface area contributed by atoms with Gasteiger partial charge in [-0.05, 0) is 31.2 Å². The molecule has 1 fully saturated rings. The number of aromatic nitrogens is 2. The first-order valence-electron chi connectivity index (χ1n) is 8.78. The van der Waals surface area contributed by atoms with Gasteiger partial charge in [0.1, 0.15) is 11.4 Å². The standard InChI is InChI=1S/C17H22N4O2S/c18-15(22)10-5-7-21(8-6-10)9-13-19-16(23)14-11-3-1-2-4-12(11)24-17(14)20-13/h10H,1-9H2,(H2,18,22)(H,19,20,23)/p+1. The second-order valence-corrected chi connectivity index (χ2v) is 8.09. The number of primary amides is 1. The molecule has 2 aromatic heterocycles. The van der Waals surface area contributed by atoms with Gasteiger partial charge in [-0.15, -0.1) is 11.3 Å². The van der Waals surface area contributed by atoms with Crippen molar-refractivity contribution in [3.05, 3.63) is 26.6 Å². The number of carbonyl (C=O) groups excluding carboxylic acids is 1. The van der Waals surface area contributed by atoms with Gasteiger partial charge in [-0.1, -0.05) is 0 Å². The molecule has 0 bridgehead atoms. The SMILES string of the molecule is NC(=O)C1CC[NH+](Cc2nc3sc4c(c3c(=O)[nH]2)CCCC4)CC1. The predicted molar refractivity (Wildman–Crippen MR) is 93.2 cm³/mol. The number of aryl methyl sites for hydroxylation is 2.